The highest BCUT2D eigenvalue weighted by Gasteiger charge is 2.24. The molecule has 2 rings (SSSR count). The van der Waals surface area contributed by atoms with Crippen molar-refractivity contribution in [2.75, 3.05) is 18.0 Å². The minimum atomic E-state index is 0.549. The van der Waals surface area contributed by atoms with Gasteiger partial charge < -0.3 is 10.2 Å². The fourth-order valence-electron chi connectivity index (χ4n) is 2.56. The van der Waals surface area contributed by atoms with Crippen molar-refractivity contribution in [3.05, 3.63) is 18.0 Å². The van der Waals surface area contributed by atoms with Gasteiger partial charge in [0.05, 0.1) is 0 Å². The summed E-state index contributed by atoms with van der Waals surface area (Å²) in [5.74, 6) is 1.71. The van der Waals surface area contributed by atoms with Crippen molar-refractivity contribution in [2.45, 2.75) is 46.2 Å². The topological polar surface area (TPSA) is 41.1 Å². The first-order valence-electron chi connectivity index (χ1n) is 6.99. The lowest BCUT2D eigenvalue weighted by atomic mass is 9.94. The second kappa shape index (κ2) is 6.14. The first-order chi connectivity index (χ1) is 8.70. The SMILES string of the molecule is CCNCc1cnc(N2CCC(C)CC2C)nc1. The van der Waals surface area contributed by atoms with Crippen molar-refractivity contribution in [2.24, 2.45) is 5.92 Å². The second-order valence-corrected chi connectivity index (χ2v) is 5.34. The molecule has 4 heteroatoms. The van der Waals surface area contributed by atoms with Gasteiger partial charge >= 0.3 is 0 Å². The van der Waals surface area contributed by atoms with E-state index < -0.39 is 0 Å². The number of aromatic nitrogens is 2. The highest BCUT2D eigenvalue weighted by Crippen LogP contribution is 2.24. The number of nitrogens with zero attached hydrogens (tertiary/aromatic N) is 3. The molecule has 1 aromatic rings. The van der Waals surface area contributed by atoms with Gasteiger partial charge in [-0.2, -0.15) is 0 Å². The molecule has 1 aromatic heterocycles. The zero-order valence-corrected chi connectivity index (χ0v) is 11.7. The van der Waals surface area contributed by atoms with Gasteiger partial charge in [0.2, 0.25) is 5.95 Å². The zero-order chi connectivity index (χ0) is 13.0. The van der Waals surface area contributed by atoms with E-state index in [1.807, 2.05) is 12.4 Å². The lowest BCUT2D eigenvalue weighted by Crippen LogP contribution is -2.41. The molecule has 0 radical (unpaired) electrons. The van der Waals surface area contributed by atoms with Crippen LogP contribution in [0.3, 0.4) is 0 Å². The van der Waals surface area contributed by atoms with Gasteiger partial charge in [-0.05, 0) is 32.2 Å². The number of hydrogen-bond acceptors (Lipinski definition) is 4. The lowest BCUT2D eigenvalue weighted by molar-refractivity contribution is 0.374. The van der Waals surface area contributed by atoms with Crippen LogP contribution >= 0.6 is 0 Å². The van der Waals surface area contributed by atoms with Crippen molar-refractivity contribution in [3.63, 3.8) is 0 Å². The number of piperidine rings is 1. The van der Waals surface area contributed by atoms with Gasteiger partial charge in [-0.15, -0.1) is 0 Å². The molecule has 1 aliphatic heterocycles. The average Bonchev–Trinajstić information content (AvgIpc) is 2.37. The molecular weight excluding hydrogens is 224 g/mol. The summed E-state index contributed by atoms with van der Waals surface area (Å²) in [6.07, 6.45) is 6.36. The van der Waals surface area contributed by atoms with E-state index in [0.717, 1.165) is 37.1 Å². The molecule has 0 aromatic carbocycles. The lowest BCUT2D eigenvalue weighted by Gasteiger charge is -2.36. The van der Waals surface area contributed by atoms with Gasteiger partial charge in [0.15, 0.2) is 0 Å². The second-order valence-electron chi connectivity index (χ2n) is 5.34. The molecule has 18 heavy (non-hydrogen) atoms. The van der Waals surface area contributed by atoms with E-state index in [1.165, 1.54) is 12.8 Å². The Kier molecular flexibility index (Phi) is 4.53. The van der Waals surface area contributed by atoms with E-state index in [1.54, 1.807) is 0 Å². The van der Waals surface area contributed by atoms with Crippen molar-refractivity contribution in [3.8, 4) is 0 Å². The van der Waals surface area contributed by atoms with Crippen molar-refractivity contribution >= 4 is 5.95 Å². The van der Waals surface area contributed by atoms with Gasteiger partial charge in [0.1, 0.15) is 0 Å². The zero-order valence-electron chi connectivity index (χ0n) is 11.7. The van der Waals surface area contributed by atoms with Crippen LogP contribution in [-0.4, -0.2) is 29.1 Å². The van der Waals surface area contributed by atoms with Crippen LogP contribution in [0.25, 0.3) is 0 Å². The summed E-state index contributed by atoms with van der Waals surface area (Å²) in [5.41, 5.74) is 1.15. The van der Waals surface area contributed by atoms with Gasteiger partial charge in [-0.25, -0.2) is 9.97 Å². The van der Waals surface area contributed by atoms with Crippen LogP contribution in [0.4, 0.5) is 5.95 Å². The van der Waals surface area contributed by atoms with Gasteiger partial charge in [0.25, 0.3) is 0 Å². The van der Waals surface area contributed by atoms with Crippen LogP contribution < -0.4 is 10.2 Å². The predicted molar refractivity (Wildman–Crippen MR) is 74.6 cm³/mol. The molecule has 1 saturated heterocycles. The molecule has 0 amide bonds. The van der Waals surface area contributed by atoms with Gasteiger partial charge in [-0.3, -0.25) is 0 Å². The Hall–Kier alpha value is -1.16. The molecule has 0 spiro atoms. The fourth-order valence-corrected chi connectivity index (χ4v) is 2.56. The third-order valence-corrected chi connectivity index (χ3v) is 3.67. The van der Waals surface area contributed by atoms with Crippen molar-refractivity contribution < 1.29 is 0 Å². The Morgan fingerprint density at radius 1 is 1.33 bits per heavy atom. The highest BCUT2D eigenvalue weighted by atomic mass is 15.3. The molecule has 0 aliphatic carbocycles. The summed E-state index contributed by atoms with van der Waals surface area (Å²) in [6.45, 7) is 9.60. The molecule has 4 nitrogen and oxygen atoms in total. The largest absolute Gasteiger partial charge is 0.338 e. The van der Waals surface area contributed by atoms with Gasteiger partial charge in [0, 0.05) is 37.1 Å². The molecule has 2 unspecified atom stereocenters. The summed E-state index contributed by atoms with van der Waals surface area (Å²) >= 11 is 0. The number of hydrogen-bond donors (Lipinski definition) is 1. The van der Waals surface area contributed by atoms with E-state index in [-0.39, 0.29) is 0 Å². The van der Waals surface area contributed by atoms with E-state index in [2.05, 4.69) is 41.0 Å². The Morgan fingerprint density at radius 2 is 2.06 bits per heavy atom. The molecule has 1 fully saturated rings. The molecule has 2 heterocycles. The fraction of sp³-hybridized carbons (Fsp3) is 0.714. The highest BCUT2D eigenvalue weighted by molar-refractivity contribution is 5.32. The summed E-state index contributed by atoms with van der Waals surface area (Å²) in [6, 6.07) is 0.549. The number of nitrogens with one attached hydrogen (secondary N) is 1. The van der Waals surface area contributed by atoms with Crippen molar-refractivity contribution in [1.82, 2.24) is 15.3 Å². The molecule has 1 aliphatic rings. The predicted octanol–water partition coefficient (Wildman–Crippen LogP) is 2.21. The van der Waals surface area contributed by atoms with E-state index in [4.69, 9.17) is 0 Å². The molecule has 1 N–H and O–H groups in total. The van der Waals surface area contributed by atoms with Crippen LogP contribution in [0.2, 0.25) is 0 Å². The quantitative estimate of drug-likeness (QED) is 0.887. The third-order valence-electron chi connectivity index (χ3n) is 3.67. The maximum Gasteiger partial charge on any atom is 0.225 e. The minimum Gasteiger partial charge on any atom is -0.338 e. The van der Waals surface area contributed by atoms with Crippen LogP contribution in [-0.2, 0) is 6.54 Å². The van der Waals surface area contributed by atoms with E-state index in [9.17, 15) is 0 Å². The number of anilines is 1. The number of rotatable bonds is 4. The van der Waals surface area contributed by atoms with Gasteiger partial charge in [-0.1, -0.05) is 13.8 Å². The molecule has 2 atom stereocenters. The maximum atomic E-state index is 4.51. The standard InChI is InChI=1S/C14H24N4/c1-4-15-8-13-9-16-14(17-10-13)18-6-5-11(2)7-12(18)3/h9-12,15H,4-8H2,1-3H3. The summed E-state index contributed by atoms with van der Waals surface area (Å²) in [5, 5.41) is 3.28. The normalized spacial score (nSPS) is 24.3. The summed E-state index contributed by atoms with van der Waals surface area (Å²) in [7, 11) is 0. The minimum absolute atomic E-state index is 0.549. The Labute approximate surface area is 110 Å². The van der Waals surface area contributed by atoms with Crippen molar-refractivity contribution in [1.29, 1.82) is 0 Å². The first kappa shape index (κ1) is 13.3. The van der Waals surface area contributed by atoms with E-state index >= 15 is 0 Å². The Balaban J connectivity index is 2.00. The molecule has 0 bridgehead atoms. The molecular formula is C14H24N4. The third kappa shape index (κ3) is 3.19. The summed E-state index contributed by atoms with van der Waals surface area (Å²) in [4.78, 5) is 11.3. The smallest absolute Gasteiger partial charge is 0.225 e. The van der Waals surface area contributed by atoms with Crippen LogP contribution in [0.5, 0.6) is 0 Å². The van der Waals surface area contributed by atoms with Crippen LogP contribution in [0.15, 0.2) is 12.4 Å². The Morgan fingerprint density at radius 3 is 2.67 bits per heavy atom. The molecule has 100 valence electrons. The van der Waals surface area contributed by atoms with Crippen LogP contribution in [0.1, 0.15) is 39.2 Å². The molecule has 0 saturated carbocycles. The Bertz CT molecular complexity index is 363. The maximum absolute atomic E-state index is 4.51. The van der Waals surface area contributed by atoms with E-state index in [0.29, 0.717) is 6.04 Å². The monoisotopic (exact) mass is 248 g/mol. The first-order valence-corrected chi connectivity index (χ1v) is 6.99. The van der Waals surface area contributed by atoms with Crippen LogP contribution in [0, 0.1) is 5.92 Å². The summed E-state index contributed by atoms with van der Waals surface area (Å²) < 4.78 is 0. The average molecular weight is 248 g/mol.